The highest BCUT2D eigenvalue weighted by Gasteiger charge is 2.42. The van der Waals surface area contributed by atoms with Crippen molar-refractivity contribution in [2.24, 2.45) is 0 Å². The van der Waals surface area contributed by atoms with Gasteiger partial charge in [0.2, 0.25) is 0 Å². The molecule has 2 aliphatic rings. The third kappa shape index (κ3) is 5.22. The molecular formula is C30H35ClN6O3. The monoisotopic (exact) mass is 562 g/mol. The second-order valence-corrected chi connectivity index (χ2v) is 12.2. The van der Waals surface area contributed by atoms with E-state index in [2.05, 4.69) is 42.5 Å². The molecule has 0 saturated carbocycles. The van der Waals surface area contributed by atoms with E-state index in [0.29, 0.717) is 36.9 Å². The van der Waals surface area contributed by atoms with Crippen molar-refractivity contribution >= 4 is 40.8 Å². The van der Waals surface area contributed by atoms with E-state index in [-0.39, 0.29) is 23.7 Å². The Labute approximate surface area is 240 Å². The average Bonchev–Trinajstić information content (AvgIpc) is 3.19. The van der Waals surface area contributed by atoms with Gasteiger partial charge in [-0.2, -0.15) is 0 Å². The number of halogens is 1. The van der Waals surface area contributed by atoms with Crippen LogP contribution in [0.25, 0.3) is 0 Å². The summed E-state index contributed by atoms with van der Waals surface area (Å²) in [5.74, 6) is 1.14. The number of rotatable bonds is 5. The average molecular weight is 563 g/mol. The molecule has 2 aromatic heterocycles. The SMILES string of the molecule is COC(=O)Cc1ccc(N2CCN(C(=O)c3cnc4c(n3)C(C)(C)CN4c3ccc(C)c(Cl)c3)C(C)(C)C2)nc1. The predicted octanol–water partition coefficient (Wildman–Crippen LogP) is 4.72. The Morgan fingerprint density at radius 1 is 1.02 bits per heavy atom. The topological polar surface area (TPSA) is 91.8 Å². The van der Waals surface area contributed by atoms with Crippen LogP contribution in [0.3, 0.4) is 0 Å². The van der Waals surface area contributed by atoms with Crippen LogP contribution in [0.5, 0.6) is 0 Å². The Morgan fingerprint density at radius 3 is 2.45 bits per heavy atom. The molecule has 1 fully saturated rings. The molecule has 10 heteroatoms. The lowest BCUT2D eigenvalue weighted by molar-refractivity contribution is -0.139. The largest absolute Gasteiger partial charge is 0.469 e. The lowest BCUT2D eigenvalue weighted by Crippen LogP contribution is -2.61. The number of aryl methyl sites for hydroxylation is 1. The van der Waals surface area contributed by atoms with Gasteiger partial charge in [-0.25, -0.2) is 15.0 Å². The van der Waals surface area contributed by atoms with Gasteiger partial charge in [-0.15, -0.1) is 0 Å². The second kappa shape index (κ2) is 10.4. The first-order chi connectivity index (χ1) is 18.9. The first kappa shape index (κ1) is 27.8. The summed E-state index contributed by atoms with van der Waals surface area (Å²) in [5.41, 5.74) is 3.17. The van der Waals surface area contributed by atoms with Crippen LogP contribution < -0.4 is 9.80 Å². The Bertz CT molecular complexity index is 1460. The minimum Gasteiger partial charge on any atom is -0.469 e. The number of hydrogen-bond donors (Lipinski definition) is 0. The van der Waals surface area contributed by atoms with E-state index in [1.165, 1.54) is 7.11 Å². The molecule has 2 aliphatic heterocycles. The first-order valence-corrected chi connectivity index (χ1v) is 13.8. The number of hydrogen-bond acceptors (Lipinski definition) is 8. The zero-order valence-electron chi connectivity index (χ0n) is 23.9. The number of carbonyl (C=O) groups is 2. The summed E-state index contributed by atoms with van der Waals surface area (Å²) in [6.07, 6.45) is 3.48. The van der Waals surface area contributed by atoms with Gasteiger partial charge in [-0.1, -0.05) is 37.6 Å². The number of nitrogens with zero attached hydrogens (tertiary/aromatic N) is 6. The fourth-order valence-corrected chi connectivity index (χ4v) is 5.63. The van der Waals surface area contributed by atoms with Gasteiger partial charge in [0.25, 0.3) is 5.91 Å². The number of anilines is 3. The van der Waals surface area contributed by atoms with E-state index in [0.717, 1.165) is 34.1 Å². The van der Waals surface area contributed by atoms with Gasteiger partial charge in [-0.3, -0.25) is 9.59 Å². The molecule has 0 unspecified atom stereocenters. The maximum absolute atomic E-state index is 13.8. The van der Waals surface area contributed by atoms with E-state index < -0.39 is 5.54 Å². The number of esters is 1. The number of benzene rings is 1. The van der Waals surface area contributed by atoms with Crippen molar-refractivity contribution in [3.63, 3.8) is 0 Å². The summed E-state index contributed by atoms with van der Waals surface area (Å²) < 4.78 is 4.74. The third-order valence-corrected chi connectivity index (χ3v) is 8.15. The van der Waals surface area contributed by atoms with Crippen molar-refractivity contribution in [2.45, 2.75) is 52.0 Å². The van der Waals surface area contributed by atoms with Crippen molar-refractivity contribution < 1.29 is 14.3 Å². The van der Waals surface area contributed by atoms with Gasteiger partial charge < -0.3 is 19.4 Å². The highest BCUT2D eigenvalue weighted by molar-refractivity contribution is 6.31. The molecule has 0 atom stereocenters. The van der Waals surface area contributed by atoms with Crippen LogP contribution in [-0.2, 0) is 21.4 Å². The van der Waals surface area contributed by atoms with E-state index in [4.69, 9.17) is 26.3 Å². The van der Waals surface area contributed by atoms with Crippen molar-refractivity contribution in [3.8, 4) is 0 Å². The number of piperazine rings is 1. The highest BCUT2D eigenvalue weighted by Crippen LogP contribution is 2.42. The van der Waals surface area contributed by atoms with Crippen molar-refractivity contribution in [1.82, 2.24) is 19.9 Å². The molecule has 0 bridgehead atoms. The quantitative estimate of drug-likeness (QED) is 0.413. The molecule has 0 spiro atoms. The lowest BCUT2D eigenvalue weighted by Gasteiger charge is -2.47. The van der Waals surface area contributed by atoms with Crippen LogP contribution in [0.1, 0.15) is 55.0 Å². The zero-order chi connectivity index (χ0) is 28.8. The molecule has 0 N–H and O–H groups in total. The molecule has 0 aliphatic carbocycles. The molecule has 4 heterocycles. The number of aromatic nitrogens is 3. The van der Waals surface area contributed by atoms with Crippen LogP contribution in [-0.4, -0.2) is 70.6 Å². The summed E-state index contributed by atoms with van der Waals surface area (Å²) in [4.78, 5) is 45.7. The summed E-state index contributed by atoms with van der Waals surface area (Å²) in [5, 5.41) is 0.706. The molecule has 9 nitrogen and oxygen atoms in total. The fourth-order valence-electron chi connectivity index (χ4n) is 5.46. The maximum atomic E-state index is 13.8. The number of ether oxygens (including phenoxy) is 1. The molecule has 1 aromatic carbocycles. The minimum absolute atomic E-state index is 0.131. The molecule has 5 rings (SSSR count). The molecule has 40 heavy (non-hydrogen) atoms. The van der Waals surface area contributed by atoms with Crippen molar-refractivity contribution in [1.29, 1.82) is 0 Å². The van der Waals surface area contributed by atoms with Crippen LogP contribution in [0.2, 0.25) is 5.02 Å². The summed E-state index contributed by atoms with van der Waals surface area (Å²) in [6, 6.07) is 9.79. The van der Waals surface area contributed by atoms with Gasteiger partial charge in [0.15, 0.2) is 5.82 Å². The summed E-state index contributed by atoms with van der Waals surface area (Å²) in [7, 11) is 1.37. The normalized spacial score (nSPS) is 17.5. The molecule has 3 aromatic rings. The van der Waals surface area contributed by atoms with E-state index in [1.807, 2.05) is 42.2 Å². The van der Waals surface area contributed by atoms with Gasteiger partial charge >= 0.3 is 5.97 Å². The molecule has 0 radical (unpaired) electrons. The Hall–Kier alpha value is -3.72. The molecular weight excluding hydrogens is 528 g/mol. The summed E-state index contributed by atoms with van der Waals surface area (Å²) >= 11 is 6.41. The second-order valence-electron chi connectivity index (χ2n) is 11.8. The lowest BCUT2D eigenvalue weighted by atomic mass is 9.92. The van der Waals surface area contributed by atoms with E-state index in [9.17, 15) is 9.59 Å². The Balaban J connectivity index is 1.34. The van der Waals surface area contributed by atoms with Gasteiger partial charge in [0, 0.05) is 48.5 Å². The smallest absolute Gasteiger partial charge is 0.310 e. The number of carbonyl (C=O) groups excluding carboxylic acids is 2. The van der Waals surface area contributed by atoms with E-state index in [1.54, 1.807) is 12.4 Å². The standard InChI is InChI=1S/C30H35ClN6O3/c1-19-7-9-21(14-22(19)31)36-17-29(2,3)26-27(36)33-16-23(34-26)28(39)37-12-11-35(18-30(37,4)5)24-10-8-20(15-32-24)13-25(38)40-6/h7-10,14-16H,11-13,17-18H2,1-6H3. The van der Waals surface area contributed by atoms with Crippen LogP contribution in [0.15, 0.2) is 42.7 Å². The van der Waals surface area contributed by atoms with Gasteiger partial charge in [-0.05, 0) is 50.1 Å². The Morgan fingerprint density at radius 2 is 1.80 bits per heavy atom. The fraction of sp³-hybridized carbons (Fsp3) is 0.433. The number of amides is 1. The highest BCUT2D eigenvalue weighted by atomic mass is 35.5. The zero-order valence-corrected chi connectivity index (χ0v) is 24.6. The van der Waals surface area contributed by atoms with Crippen LogP contribution in [0, 0.1) is 6.92 Å². The van der Waals surface area contributed by atoms with Crippen LogP contribution in [0.4, 0.5) is 17.3 Å². The molecule has 210 valence electrons. The maximum Gasteiger partial charge on any atom is 0.310 e. The third-order valence-electron chi connectivity index (χ3n) is 7.75. The van der Waals surface area contributed by atoms with Gasteiger partial charge in [0.05, 0.1) is 31.0 Å². The van der Waals surface area contributed by atoms with E-state index >= 15 is 0 Å². The summed E-state index contributed by atoms with van der Waals surface area (Å²) in [6.45, 7) is 12.8. The van der Waals surface area contributed by atoms with Crippen molar-refractivity contribution in [2.75, 3.05) is 43.1 Å². The number of pyridine rings is 1. The van der Waals surface area contributed by atoms with Crippen LogP contribution >= 0.6 is 11.6 Å². The molecule has 1 amide bonds. The first-order valence-electron chi connectivity index (χ1n) is 13.4. The Kier molecular flexibility index (Phi) is 7.20. The van der Waals surface area contributed by atoms with Gasteiger partial charge in [0.1, 0.15) is 11.5 Å². The predicted molar refractivity (Wildman–Crippen MR) is 156 cm³/mol. The van der Waals surface area contributed by atoms with Crippen molar-refractivity contribution in [3.05, 3.63) is 70.3 Å². The number of methoxy groups -OCH3 is 1. The minimum atomic E-state index is -0.470. The number of fused-ring (bicyclic) bond motifs is 1. The molecule has 1 saturated heterocycles.